The van der Waals surface area contributed by atoms with Gasteiger partial charge in [0, 0.05) is 0 Å². The molecule has 0 unspecified atom stereocenters. The monoisotopic (exact) mass is 251 g/mol. The molecular formula is C15H13N3O. The first-order valence-electron chi connectivity index (χ1n) is 6.14. The second-order valence-corrected chi connectivity index (χ2v) is 4.45. The maximum atomic E-state index is 8.91. The lowest BCUT2D eigenvalue weighted by molar-refractivity contribution is 0.469. The molecule has 0 amide bonds. The second kappa shape index (κ2) is 4.62. The Morgan fingerprint density at radius 3 is 2.84 bits per heavy atom. The van der Waals surface area contributed by atoms with Gasteiger partial charge >= 0.3 is 0 Å². The van der Waals surface area contributed by atoms with Crippen LogP contribution in [0.2, 0.25) is 0 Å². The van der Waals surface area contributed by atoms with E-state index in [0.717, 1.165) is 28.4 Å². The van der Waals surface area contributed by atoms with Crippen LogP contribution in [0.15, 0.2) is 40.8 Å². The lowest BCUT2D eigenvalue weighted by atomic mass is 10.3. The Labute approximate surface area is 110 Å². The van der Waals surface area contributed by atoms with Gasteiger partial charge in [0.15, 0.2) is 0 Å². The molecule has 4 nitrogen and oxygen atoms in total. The van der Waals surface area contributed by atoms with Crippen molar-refractivity contribution in [1.29, 1.82) is 5.26 Å². The molecule has 0 fully saturated rings. The fourth-order valence-electron chi connectivity index (χ4n) is 2.23. The van der Waals surface area contributed by atoms with Crippen molar-refractivity contribution in [1.82, 2.24) is 9.55 Å². The van der Waals surface area contributed by atoms with Gasteiger partial charge in [-0.1, -0.05) is 12.1 Å². The van der Waals surface area contributed by atoms with Crippen molar-refractivity contribution in [2.24, 2.45) is 0 Å². The van der Waals surface area contributed by atoms with Crippen molar-refractivity contribution in [3.63, 3.8) is 0 Å². The number of furan rings is 1. The Bertz CT molecular complexity index is 761. The molecule has 0 aliphatic rings. The van der Waals surface area contributed by atoms with Crippen LogP contribution in [-0.2, 0) is 13.0 Å². The van der Waals surface area contributed by atoms with E-state index in [-0.39, 0.29) is 0 Å². The largest absolute Gasteiger partial charge is 0.464 e. The third kappa shape index (κ3) is 2.11. The Hall–Kier alpha value is -2.54. The molecule has 0 saturated carbocycles. The zero-order valence-electron chi connectivity index (χ0n) is 10.6. The summed E-state index contributed by atoms with van der Waals surface area (Å²) >= 11 is 0. The molecule has 0 aliphatic carbocycles. The van der Waals surface area contributed by atoms with Gasteiger partial charge in [0.25, 0.3) is 0 Å². The van der Waals surface area contributed by atoms with Crippen molar-refractivity contribution in [2.75, 3.05) is 0 Å². The standard InChI is InChI=1S/C15H13N3O/c1-11-6-7-12(19-11)10-18-14-5-3-2-4-13(14)17-15(18)8-9-16/h2-7H,8,10H2,1H3. The van der Waals surface area contributed by atoms with Crippen molar-refractivity contribution in [3.8, 4) is 6.07 Å². The highest BCUT2D eigenvalue weighted by atomic mass is 16.3. The highest BCUT2D eigenvalue weighted by molar-refractivity contribution is 5.76. The van der Waals surface area contributed by atoms with Crippen LogP contribution < -0.4 is 0 Å². The molecule has 2 heterocycles. The van der Waals surface area contributed by atoms with Gasteiger partial charge in [-0.3, -0.25) is 0 Å². The average Bonchev–Trinajstić information content (AvgIpc) is 2.96. The summed E-state index contributed by atoms with van der Waals surface area (Å²) in [6, 6.07) is 14.0. The van der Waals surface area contributed by atoms with Crippen molar-refractivity contribution < 1.29 is 4.42 Å². The van der Waals surface area contributed by atoms with E-state index < -0.39 is 0 Å². The van der Waals surface area contributed by atoms with E-state index in [1.54, 1.807) is 0 Å². The fourth-order valence-corrected chi connectivity index (χ4v) is 2.23. The van der Waals surface area contributed by atoms with E-state index in [1.165, 1.54) is 0 Å². The molecule has 94 valence electrons. The number of aryl methyl sites for hydroxylation is 1. The molecule has 0 spiro atoms. The Kier molecular flexibility index (Phi) is 2.81. The fraction of sp³-hybridized carbons (Fsp3) is 0.200. The summed E-state index contributed by atoms with van der Waals surface area (Å²) in [5, 5.41) is 8.91. The Morgan fingerprint density at radius 2 is 2.11 bits per heavy atom. The lowest BCUT2D eigenvalue weighted by Crippen LogP contribution is -2.04. The van der Waals surface area contributed by atoms with E-state index in [2.05, 4.69) is 11.1 Å². The van der Waals surface area contributed by atoms with Crippen LogP contribution in [0.4, 0.5) is 0 Å². The van der Waals surface area contributed by atoms with E-state index >= 15 is 0 Å². The average molecular weight is 251 g/mol. The first kappa shape index (κ1) is 11.5. The van der Waals surface area contributed by atoms with Gasteiger partial charge in [-0.2, -0.15) is 5.26 Å². The van der Waals surface area contributed by atoms with Crippen LogP contribution in [0.5, 0.6) is 0 Å². The summed E-state index contributed by atoms with van der Waals surface area (Å²) in [5.41, 5.74) is 1.94. The molecule has 19 heavy (non-hydrogen) atoms. The predicted molar refractivity (Wildman–Crippen MR) is 71.6 cm³/mol. The van der Waals surface area contributed by atoms with Gasteiger partial charge in [-0.05, 0) is 31.2 Å². The number of benzene rings is 1. The summed E-state index contributed by atoms with van der Waals surface area (Å²) in [5.74, 6) is 2.54. The molecule has 4 heteroatoms. The van der Waals surface area contributed by atoms with Crippen LogP contribution in [0.25, 0.3) is 11.0 Å². The molecule has 3 rings (SSSR count). The zero-order chi connectivity index (χ0) is 13.2. The predicted octanol–water partition coefficient (Wildman–Crippen LogP) is 3.05. The molecule has 0 N–H and O–H groups in total. The molecular weight excluding hydrogens is 238 g/mol. The van der Waals surface area contributed by atoms with Crippen molar-refractivity contribution in [2.45, 2.75) is 19.9 Å². The number of nitriles is 1. The highest BCUT2D eigenvalue weighted by Crippen LogP contribution is 2.19. The number of aromatic nitrogens is 2. The molecule has 2 aromatic heterocycles. The molecule has 0 aliphatic heterocycles. The first-order valence-corrected chi connectivity index (χ1v) is 6.14. The van der Waals surface area contributed by atoms with E-state index in [9.17, 15) is 0 Å². The van der Waals surface area contributed by atoms with Gasteiger partial charge in [-0.15, -0.1) is 0 Å². The minimum absolute atomic E-state index is 0.300. The Morgan fingerprint density at radius 1 is 1.26 bits per heavy atom. The number of para-hydroxylation sites is 2. The quantitative estimate of drug-likeness (QED) is 0.718. The maximum absolute atomic E-state index is 8.91. The number of hydrogen-bond donors (Lipinski definition) is 0. The smallest absolute Gasteiger partial charge is 0.124 e. The third-order valence-corrected chi connectivity index (χ3v) is 3.08. The maximum Gasteiger partial charge on any atom is 0.124 e. The summed E-state index contributed by atoms with van der Waals surface area (Å²) < 4.78 is 7.65. The third-order valence-electron chi connectivity index (χ3n) is 3.08. The van der Waals surface area contributed by atoms with E-state index in [0.29, 0.717) is 13.0 Å². The molecule has 3 aromatic rings. The van der Waals surface area contributed by atoms with E-state index in [4.69, 9.17) is 9.68 Å². The number of hydrogen-bond acceptors (Lipinski definition) is 3. The Balaban J connectivity index is 2.09. The van der Waals surface area contributed by atoms with Gasteiger partial charge < -0.3 is 8.98 Å². The lowest BCUT2D eigenvalue weighted by Gasteiger charge is -2.05. The zero-order valence-corrected chi connectivity index (χ0v) is 10.6. The van der Waals surface area contributed by atoms with E-state index in [1.807, 2.05) is 47.9 Å². The minimum Gasteiger partial charge on any atom is -0.464 e. The summed E-state index contributed by atoms with van der Waals surface area (Å²) in [7, 11) is 0. The van der Waals surface area contributed by atoms with Crippen molar-refractivity contribution >= 4 is 11.0 Å². The molecule has 0 radical (unpaired) electrons. The summed E-state index contributed by atoms with van der Waals surface area (Å²) in [6.45, 7) is 2.52. The molecule has 0 saturated heterocycles. The number of rotatable bonds is 3. The van der Waals surface area contributed by atoms with Crippen LogP contribution in [-0.4, -0.2) is 9.55 Å². The van der Waals surface area contributed by atoms with Crippen LogP contribution in [0.3, 0.4) is 0 Å². The van der Waals surface area contributed by atoms with Crippen molar-refractivity contribution in [3.05, 3.63) is 53.7 Å². The normalized spacial score (nSPS) is 10.7. The number of nitrogens with zero attached hydrogens (tertiary/aromatic N) is 3. The highest BCUT2D eigenvalue weighted by Gasteiger charge is 2.11. The molecule has 0 bridgehead atoms. The van der Waals surface area contributed by atoms with Gasteiger partial charge in [-0.25, -0.2) is 4.98 Å². The topological polar surface area (TPSA) is 54.8 Å². The first-order chi connectivity index (χ1) is 9.28. The SMILES string of the molecule is Cc1ccc(Cn2c(CC#N)nc3ccccc32)o1. The van der Waals surface area contributed by atoms with Crippen LogP contribution in [0.1, 0.15) is 17.3 Å². The van der Waals surface area contributed by atoms with Crippen LogP contribution in [0, 0.1) is 18.3 Å². The second-order valence-electron chi connectivity index (χ2n) is 4.45. The minimum atomic E-state index is 0.300. The van der Waals surface area contributed by atoms with Crippen LogP contribution >= 0.6 is 0 Å². The molecule has 0 atom stereocenters. The van der Waals surface area contributed by atoms with Gasteiger partial charge in [0.1, 0.15) is 17.3 Å². The summed E-state index contributed by atoms with van der Waals surface area (Å²) in [4.78, 5) is 4.50. The molecule has 1 aromatic carbocycles. The van der Waals surface area contributed by atoms with Gasteiger partial charge in [0.2, 0.25) is 0 Å². The van der Waals surface area contributed by atoms with Gasteiger partial charge in [0.05, 0.1) is 30.1 Å². The number of imidazole rings is 1. The summed E-state index contributed by atoms with van der Waals surface area (Å²) in [6.07, 6.45) is 0.300. The number of fused-ring (bicyclic) bond motifs is 1.